The molecule has 1 aliphatic rings. The number of hydrogen-bond acceptors (Lipinski definition) is 3. The molecular formula is C12H18BrN3. The molecule has 1 N–H and O–H groups in total. The van der Waals surface area contributed by atoms with Gasteiger partial charge in [-0.15, -0.1) is 0 Å². The van der Waals surface area contributed by atoms with Crippen LogP contribution in [0.2, 0.25) is 0 Å². The number of pyridine rings is 1. The lowest BCUT2D eigenvalue weighted by Crippen LogP contribution is -2.43. The first-order chi connectivity index (χ1) is 7.75. The van der Waals surface area contributed by atoms with Gasteiger partial charge in [0.2, 0.25) is 0 Å². The molecule has 2 heterocycles. The molecule has 0 amide bonds. The van der Waals surface area contributed by atoms with Crippen LogP contribution in [0.3, 0.4) is 0 Å². The van der Waals surface area contributed by atoms with Crippen molar-refractivity contribution in [2.24, 2.45) is 0 Å². The third-order valence-electron chi connectivity index (χ3n) is 3.09. The minimum absolute atomic E-state index is 0.652. The maximum Gasteiger partial charge on any atom is 0.0544 e. The van der Waals surface area contributed by atoms with Crippen LogP contribution in [0.1, 0.15) is 18.5 Å². The standard InChI is InChI=1S/C12H18BrN3/c1-16(12-3-2-6-14-8-12)9-11-5-4-10(13)7-15-11/h4-5,7,12,14H,2-3,6,8-9H2,1H3. The van der Waals surface area contributed by atoms with Gasteiger partial charge in [0.05, 0.1) is 5.69 Å². The van der Waals surface area contributed by atoms with E-state index >= 15 is 0 Å². The van der Waals surface area contributed by atoms with Crippen LogP contribution in [0.4, 0.5) is 0 Å². The molecule has 1 aliphatic heterocycles. The van der Waals surface area contributed by atoms with Crippen molar-refractivity contribution in [2.45, 2.75) is 25.4 Å². The Morgan fingerprint density at radius 1 is 1.56 bits per heavy atom. The van der Waals surface area contributed by atoms with E-state index in [0.717, 1.165) is 23.3 Å². The molecule has 0 aromatic carbocycles. The first kappa shape index (κ1) is 12.0. The van der Waals surface area contributed by atoms with E-state index in [-0.39, 0.29) is 0 Å². The Balaban J connectivity index is 1.90. The fourth-order valence-corrected chi connectivity index (χ4v) is 2.33. The highest BCUT2D eigenvalue weighted by molar-refractivity contribution is 9.10. The zero-order valence-electron chi connectivity index (χ0n) is 9.62. The summed E-state index contributed by atoms with van der Waals surface area (Å²) < 4.78 is 1.04. The number of piperidine rings is 1. The molecular weight excluding hydrogens is 266 g/mol. The van der Waals surface area contributed by atoms with Gasteiger partial charge in [-0.1, -0.05) is 0 Å². The minimum atomic E-state index is 0.652. The van der Waals surface area contributed by atoms with Crippen molar-refractivity contribution in [3.8, 4) is 0 Å². The van der Waals surface area contributed by atoms with Crippen molar-refractivity contribution in [3.05, 3.63) is 28.5 Å². The molecule has 1 aromatic heterocycles. The summed E-state index contributed by atoms with van der Waals surface area (Å²) in [6, 6.07) is 4.78. The Labute approximate surface area is 105 Å². The first-order valence-corrected chi connectivity index (χ1v) is 6.56. The maximum absolute atomic E-state index is 4.40. The zero-order chi connectivity index (χ0) is 11.4. The van der Waals surface area contributed by atoms with Crippen molar-refractivity contribution >= 4 is 15.9 Å². The third kappa shape index (κ3) is 3.27. The topological polar surface area (TPSA) is 28.2 Å². The van der Waals surface area contributed by atoms with E-state index < -0.39 is 0 Å². The number of nitrogens with one attached hydrogen (secondary N) is 1. The Kier molecular flexibility index (Phi) is 4.32. The van der Waals surface area contributed by atoms with Crippen LogP contribution < -0.4 is 5.32 Å². The normalized spacial score (nSPS) is 21.3. The summed E-state index contributed by atoms with van der Waals surface area (Å²) in [4.78, 5) is 6.80. The summed E-state index contributed by atoms with van der Waals surface area (Å²) in [6.07, 6.45) is 4.44. The van der Waals surface area contributed by atoms with Crippen molar-refractivity contribution in [1.82, 2.24) is 15.2 Å². The van der Waals surface area contributed by atoms with E-state index in [1.54, 1.807) is 0 Å². The smallest absolute Gasteiger partial charge is 0.0544 e. The molecule has 1 aromatic rings. The molecule has 0 aliphatic carbocycles. The van der Waals surface area contributed by atoms with Crippen molar-refractivity contribution in [1.29, 1.82) is 0 Å². The molecule has 0 spiro atoms. The molecule has 1 unspecified atom stereocenters. The Morgan fingerprint density at radius 2 is 2.44 bits per heavy atom. The van der Waals surface area contributed by atoms with Crippen molar-refractivity contribution < 1.29 is 0 Å². The van der Waals surface area contributed by atoms with Crippen LogP contribution in [0.15, 0.2) is 22.8 Å². The summed E-state index contributed by atoms with van der Waals surface area (Å²) in [5.41, 5.74) is 1.14. The molecule has 0 bridgehead atoms. The molecule has 4 heteroatoms. The highest BCUT2D eigenvalue weighted by Crippen LogP contribution is 2.13. The second-order valence-electron chi connectivity index (χ2n) is 4.38. The van der Waals surface area contributed by atoms with Crippen LogP contribution in [0, 0.1) is 0 Å². The lowest BCUT2D eigenvalue weighted by atomic mass is 10.1. The SMILES string of the molecule is CN(Cc1ccc(Br)cn1)C1CCCNC1. The highest BCUT2D eigenvalue weighted by atomic mass is 79.9. The average Bonchev–Trinajstić information content (AvgIpc) is 2.33. The average molecular weight is 284 g/mol. The number of halogens is 1. The Hall–Kier alpha value is -0.450. The molecule has 88 valence electrons. The number of nitrogens with zero attached hydrogens (tertiary/aromatic N) is 2. The summed E-state index contributed by atoms with van der Waals surface area (Å²) >= 11 is 3.40. The fraction of sp³-hybridized carbons (Fsp3) is 0.583. The number of hydrogen-bond donors (Lipinski definition) is 1. The van der Waals surface area contributed by atoms with E-state index in [4.69, 9.17) is 0 Å². The van der Waals surface area contributed by atoms with E-state index in [9.17, 15) is 0 Å². The first-order valence-electron chi connectivity index (χ1n) is 5.77. The van der Waals surface area contributed by atoms with Gasteiger partial charge in [-0.05, 0) is 54.5 Å². The predicted molar refractivity (Wildman–Crippen MR) is 69.3 cm³/mol. The molecule has 1 saturated heterocycles. The number of aromatic nitrogens is 1. The molecule has 0 saturated carbocycles. The molecule has 3 nitrogen and oxygen atoms in total. The van der Waals surface area contributed by atoms with Crippen LogP contribution in [-0.4, -0.2) is 36.1 Å². The van der Waals surface area contributed by atoms with Crippen LogP contribution in [0.25, 0.3) is 0 Å². The largest absolute Gasteiger partial charge is 0.315 e. The summed E-state index contributed by atoms with van der Waals surface area (Å²) in [5.74, 6) is 0. The van der Waals surface area contributed by atoms with Crippen molar-refractivity contribution in [3.63, 3.8) is 0 Å². The van der Waals surface area contributed by atoms with Gasteiger partial charge < -0.3 is 5.32 Å². The fourth-order valence-electron chi connectivity index (χ4n) is 2.09. The van der Waals surface area contributed by atoms with Gasteiger partial charge >= 0.3 is 0 Å². The van der Waals surface area contributed by atoms with Gasteiger partial charge in [-0.2, -0.15) is 0 Å². The van der Waals surface area contributed by atoms with E-state index in [2.05, 4.69) is 50.3 Å². The maximum atomic E-state index is 4.40. The highest BCUT2D eigenvalue weighted by Gasteiger charge is 2.17. The molecule has 0 radical (unpaired) electrons. The second kappa shape index (κ2) is 5.75. The predicted octanol–water partition coefficient (Wildman–Crippen LogP) is 2.03. The lowest BCUT2D eigenvalue weighted by Gasteiger charge is -2.31. The van der Waals surface area contributed by atoms with Gasteiger partial charge in [0.25, 0.3) is 0 Å². The van der Waals surface area contributed by atoms with Crippen LogP contribution >= 0.6 is 15.9 Å². The van der Waals surface area contributed by atoms with Crippen LogP contribution in [-0.2, 0) is 6.54 Å². The number of likely N-dealkylation sites (N-methyl/N-ethyl adjacent to an activating group) is 1. The molecule has 16 heavy (non-hydrogen) atoms. The van der Waals surface area contributed by atoms with E-state index in [1.165, 1.54) is 19.4 Å². The summed E-state index contributed by atoms with van der Waals surface area (Å²) in [7, 11) is 2.18. The Bertz CT molecular complexity index is 320. The van der Waals surface area contributed by atoms with E-state index in [0.29, 0.717) is 6.04 Å². The van der Waals surface area contributed by atoms with Gasteiger partial charge in [-0.25, -0.2) is 0 Å². The second-order valence-corrected chi connectivity index (χ2v) is 5.30. The third-order valence-corrected chi connectivity index (χ3v) is 3.56. The zero-order valence-corrected chi connectivity index (χ0v) is 11.2. The molecule has 1 fully saturated rings. The molecule has 1 atom stereocenters. The van der Waals surface area contributed by atoms with Gasteiger partial charge in [0.15, 0.2) is 0 Å². The molecule has 2 rings (SSSR count). The van der Waals surface area contributed by atoms with Gasteiger partial charge in [0, 0.05) is 29.8 Å². The lowest BCUT2D eigenvalue weighted by molar-refractivity contribution is 0.194. The van der Waals surface area contributed by atoms with Crippen molar-refractivity contribution in [2.75, 3.05) is 20.1 Å². The van der Waals surface area contributed by atoms with Gasteiger partial charge in [0.1, 0.15) is 0 Å². The monoisotopic (exact) mass is 283 g/mol. The minimum Gasteiger partial charge on any atom is -0.315 e. The van der Waals surface area contributed by atoms with Gasteiger partial charge in [-0.3, -0.25) is 9.88 Å². The van der Waals surface area contributed by atoms with Crippen LogP contribution in [0.5, 0.6) is 0 Å². The summed E-state index contributed by atoms with van der Waals surface area (Å²) in [5, 5.41) is 3.44. The van der Waals surface area contributed by atoms with E-state index in [1.807, 2.05) is 6.20 Å². The summed E-state index contributed by atoms with van der Waals surface area (Å²) in [6.45, 7) is 3.20. The quantitative estimate of drug-likeness (QED) is 0.920. The Morgan fingerprint density at radius 3 is 3.06 bits per heavy atom. The number of rotatable bonds is 3.